The molecule has 0 spiro atoms. The summed E-state index contributed by atoms with van der Waals surface area (Å²) in [7, 11) is -5.99. The third-order valence-corrected chi connectivity index (χ3v) is 3.03. The molecule has 3 nitrogen and oxygen atoms in total. The summed E-state index contributed by atoms with van der Waals surface area (Å²) in [5.41, 5.74) is -5.69. The van der Waals surface area contributed by atoms with Crippen LogP contribution in [0.3, 0.4) is 0 Å². The van der Waals surface area contributed by atoms with Gasteiger partial charge in [0.15, 0.2) is 11.6 Å². The number of alkyl halides is 3. The van der Waals surface area contributed by atoms with Crippen LogP contribution in [-0.4, -0.2) is 13.9 Å². The lowest BCUT2D eigenvalue weighted by molar-refractivity contribution is -0.0500. The first-order valence-corrected chi connectivity index (χ1v) is 5.90. The second-order valence-corrected chi connectivity index (χ2v) is 5.07. The van der Waals surface area contributed by atoms with E-state index in [4.69, 9.17) is 0 Å². The maximum Gasteiger partial charge on any atom is 0.534 e. The molecule has 0 unspecified atom stereocenters. The average Bonchev–Trinajstić information content (AvgIpc) is 2.12. The first kappa shape index (κ1) is 14.2. The highest BCUT2D eigenvalue weighted by molar-refractivity contribution is 9.10. The molecule has 10 heteroatoms. The molecule has 0 N–H and O–H groups in total. The lowest BCUT2D eigenvalue weighted by Crippen LogP contribution is -2.28. The van der Waals surface area contributed by atoms with Crippen molar-refractivity contribution in [1.29, 1.82) is 0 Å². The van der Waals surface area contributed by atoms with E-state index < -0.39 is 37.5 Å². The van der Waals surface area contributed by atoms with Crippen molar-refractivity contribution in [2.24, 2.45) is 0 Å². The quantitative estimate of drug-likeness (QED) is 0.360. The van der Waals surface area contributed by atoms with Crippen LogP contribution in [0.4, 0.5) is 22.0 Å². The van der Waals surface area contributed by atoms with Gasteiger partial charge in [-0.3, -0.25) is 0 Å². The molecule has 0 saturated heterocycles. The second-order valence-electron chi connectivity index (χ2n) is 2.68. The Hall–Kier alpha value is -0.900. The van der Waals surface area contributed by atoms with E-state index in [1.165, 1.54) is 0 Å². The molecule has 96 valence electrons. The zero-order valence-corrected chi connectivity index (χ0v) is 9.96. The van der Waals surface area contributed by atoms with Crippen molar-refractivity contribution in [2.45, 2.75) is 5.51 Å². The number of hydrogen-bond acceptors (Lipinski definition) is 3. The lowest BCUT2D eigenvalue weighted by Gasteiger charge is -2.10. The maximum atomic E-state index is 12.9. The van der Waals surface area contributed by atoms with Crippen molar-refractivity contribution in [1.82, 2.24) is 0 Å². The first-order valence-electron chi connectivity index (χ1n) is 3.70. The highest BCUT2D eigenvalue weighted by Gasteiger charge is 2.49. The first-order chi connectivity index (χ1) is 7.54. The zero-order chi connectivity index (χ0) is 13.4. The Morgan fingerprint density at radius 2 is 1.65 bits per heavy atom. The van der Waals surface area contributed by atoms with Crippen LogP contribution in [0.1, 0.15) is 0 Å². The van der Waals surface area contributed by atoms with E-state index in [0.29, 0.717) is 6.07 Å². The topological polar surface area (TPSA) is 43.4 Å². The maximum absolute atomic E-state index is 12.9. The zero-order valence-electron chi connectivity index (χ0n) is 7.56. The van der Waals surface area contributed by atoms with Gasteiger partial charge in [-0.2, -0.15) is 21.6 Å². The molecule has 0 aliphatic carbocycles. The molecule has 0 bridgehead atoms. The van der Waals surface area contributed by atoms with Gasteiger partial charge < -0.3 is 4.18 Å². The summed E-state index contributed by atoms with van der Waals surface area (Å²) < 4.78 is 85.5. The molecule has 0 atom stereocenters. The lowest BCUT2D eigenvalue weighted by atomic mass is 10.3. The van der Waals surface area contributed by atoms with Crippen molar-refractivity contribution in [3.8, 4) is 5.75 Å². The molecule has 0 amide bonds. The highest BCUT2D eigenvalue weighted by atomic mass is 79.9. The van der Waals surface area contributed by atoms with Gasteiger partial charge in [-0.25, -0.2) is 8.78 Å². The summed E-state index contributed by atoms with van der Waals surface area (Å²) >= 11 is 2.54. The normalized spacial score (nSPS) is 12.6. The monoisotopic (exact) mass is 340 g/mol. The predicted molar refractivity (Wildman–Crippen MR) is 49.7 cm³/mol. The summed E-state index contributed by atoms with van der Waals surface area (Å²) in [5, 5.41) is 0. The minimum atomic E-state index is -5.99. The van der Waals surface area contributed by atoms with Gasteiger partial charge in [-0.05, 0) is 15.9 Å². The van der Waals surface area contributed by atoms with Gasteiger partial charge in [0, 0.05) is 12.1 Å². The van der Waals surface area contributed by atoms with E-state index in [1.54, 1.807) is 0 Å². The van der Waals surface area contributed by atoms with E-state index in [0.717, 1.165) is 0 Å². The summed E-state index contributed by atoms with van der Waals surface area (Å²) in [6.07, 6.45) is 0. The van der Waals surface area contributed by atoms with E-state index >= 15 is 0 Å². The fraction of sp³-hybridized carbons (Fsp3) is 0.143. The van der Waals surface area contributed by atoms with Gasteiger partial charge in [0.05, 0.1) is 4.47 Å². The Balaban J connectivity index is 3.18. The number of hydrogen-bond donors (Lipinski definition) is 0. The fourth-order valence-electron chi connectivity index (χ4n) is 0.734. The second kappa shape index (κ2) is 4.41. The van der Waals surface area contributed by atoms with Crippen LogP contribution in [0.15, 0.2) is 16.6 Å². The van der Waals surface area contributed by atoms with Crippen molar-refractivity contribution in [3.05, 3.63) is 28.2 Å². The standard InChI is InChI=1S/C7H2BrF5O3S/c8-3-1-6(5(10)2-4(3)9)16-17(14,15)7(11,12)13/h1-2H. The third-order valence-electron chi connectivity index (χ3n) is 1.46. The van der Waals surface area contributed by atoms with Gasteiger partial charge in [-0.15, -0.1) is 0 Å². The Labute approximate surface area is 100 Å². The fourth-order valence-corrected chi connectivity index (χ4v) is 1.51. The summed E-state index contributed by atoms with van der Waals surface area (Å²) in [6, 6.07) is 0.624. The summed E-state index contributed by atoms with van der Waals surface area (Å²) in [5.74, 6) is -3.94. The Kier molecular flexibility index (Phi) is 3.67. The van der Waals surface area contributed by atoms with Gasteiger partial charge >= 0.3 is 15.6 Å². The molecule has 0 heterocycles. The highest BCUT2D eigenvalue weighted by Crippen LogP contribution is 2.31. The number of halogens is 6. The number of benzene rings is 1. The van der Waals surface area contributed by atoms with E-state index in [1.807, 2.05) is 0 Å². The van der Waals surface area contributed by atoms with Crippen LogP contribution in [0.5, 0.6) is 5.75 Å². The van der Waals surface area contributed by atoms with Crippen molar-refractivity contribution in [3.63, 3.8) is 0 Å². The van der Waals surface area contributed by atoms with E-state index in [-0.39, 0.29) is 6.07 Å². The molecular formula is C7H2BrF5O3S. The summed E-state index contributed by atoms with van der Waals surface area (Å²) in [6.45, 7) is 0. The van der Waals surface area contributed by atoms with Gasteiger partial charge in [-0.1, -0.05) is 0 Å². The molecule has 0 saturated carbocycles. The molecule has 1 aromatic carbocycles. The number of rotatable bonds is 2. The largest absolute Gasteiger partial charge is 0.534 e. The van der Waals surface area contributed by atoms with E-state index in [9.17, 15) is 30.4 Å². The van der Waals surface area contributed by atoms with Gasteiger partial charge in [0.2, 0.25) is 0 Å². The Morgan fingerprint density at radius 3 is 2.12 bits per heavy atom. The minimum absolute atomic E-state index is 0.186. The Morgan fingerprint density at radius 1 is 1.12 bits per heavy atom. The molecule has 0 aromatic heterocycles. The van der Waals surface area contributed by atoms with Crippen molar-refractivity contribution in [2.75, 3.05) is 0 Å². The molecular weight excluding hydrogens is 339 g/mol. The van der Waals surface area contributed by atoms with Crippen LogP contribution >= 0.6 is 15.9 Å². The Bertz CT molecular complexity index is 539. The van der Waals surface area contributed by atoms with Crippen LogP contribution in [0, 0.1) is 11.6 Å². The molecule has 1 aromatic rings. The van der Waals surface area contributed by atoms with Crippen LogP contribution in [0.2, 0.25) is 0 Å². The van der Waals surface area contributed by atoms with Crippen LogP contribution in [-0.2, 0) is 10.1 Å². The molecule has 0 aliphatic heterocycles. The SMILES string of the molecule is O=S(=O)(Oc1cc(Br)c(F)cc1F)C(F)(F)F. The molecule has 17 heavy (non-hydrogen) atoms. The van der Waals surface area contributed by atoms with E-state index in [2.05, 4.69) is 20.1 Å². The van der Waals surface area contributed by atoms with Gasteiger partial charge in [0.1, 0.15) is 5.82 Å². The van der Waals surface area contributed by atoms with Crippen molar-refractivity contribution < 1.29 is 34.6 Å². The molecule has 0 radical (unpaired) electrons. The van der Waals surface area contributed by atoms with Crippen molar-refractivity contribution >= 4 is 26.0 Å². The summed E-state index contributed by atoms with van der Waals surface area (Å²) in [4.78, 5) is 0. The average molecular weight is 341 g/mol. The molecule has 0 aliphatic rings. The van der Waals surface area contributed by atoms with Gasteiger partial charge in [0.25, 0.3) is 0 Å². The third kappa shape index (κ3) is 3.06. The minimum Gasteiger partial charge on any atom is -0.373 e. The van der Waals surface area contributed by atoms with Crippen LogP contribution in [0.25, 0.3) is 0 Å². The van der Waals surface area contributed by atoms with Crippen LogP contribution < -0.4 is 4.18 Å². The predicted octanol–water partition coefficient (Wildman–Crippen LogP) is 2.96. The molecule has 1 rings (SSSR count). The smallest absolute Gasteiger partial charge is 0.373 e. The molecule has 0 fully saturated rings.